The maximum Gasteiger partial charge on any atom is 0.134 e. The van der Waals surface area contributed by atoms with Crippen LogP contribution in [0, 0.1) is 6.92 Å². The lowest BCUT2D eigenvalue weighted by molar-refractivity contribution is 0.337. The zero-order valence-corrected chi connectivity index (χ0v) is 11.4. The SMILES string of the molecule is CNc1ncnc(NCCCN2CCCC2)c1C. The van der Waals surface area contributed by atoms with Crippen LogP contribution in [0.5, 0.6) is 0 Å². The normalized spacial score (nSPS) is 15.9. The Morgan fingerprint density at radius 3 is 2.67 bits per heavy atom. The molecular weight excluding hydrogens is 226 g/mol. The molecule has 2 heterocycles. The van der Waals surface area contributed by atoms with Gasteiger partial charge in [-0.25, -0.2) is 9.97 Å². The molecule has 5 heteroatoms. The van der Waals surface area contributed by atoms with Gasteiger partial charge in [-0.1, -0.05) is 0 Å². The predicted molar refractivity (Wildman–Crippen MR) is 75.1 cm³/mol. The highest BCUT2D eigenvalue weighted by molar-refractivity contribution is 5.55. The van der Waals surface area contributed by atoms with Crippen molar-refractivity contribution < 1.29 is 0 Å². The monoisotopic (exact) mass is 249 g/mol. The Hall–Kier alpha value is -1.36. The molecule has 0 saturated carbocycles. The van der Waals surface area contributed by atoms with E-state index in [-0.39, 0.29) is 0 Å². The molecule has 5 nitrogen and oxygen atoms in total. The standard InChI is InChI=1S/C13H23N5/c1-11-12(14-2)16-10-17-13(11)15-6-5-9-18-7-3-4-8-18/h10H,3-9H2,1-2H3,(H2,14,15,16,17). The van der Waals surface area contributed by atoms with E-state index in [4.69, 9.17) is 0 Å². The van der Waals surface area contributed by atoms with Crippen molar-refractivity contribution in [3.05, 3.63) is 11.9 Å². The van der Waals surface area contributed by atoms with E-state index < -0.39 is 0 Å². The van der Waals surface area contributed by atoms with Crippen LogP contribution >= 0.6 is 0 Å². The molecule has 18 heavy (non-hydrogen) atoms. The van der Waals surface area contributed by atoms with Crippen molar-refractivity contribution in [1.82, 2.24) is 14.9 Å². The second-order valence-corrected chi connectivity index (χ2v) is 4.77. The van der Waals surface area contributed by atoms with Gasteiger partial charge in [-0.15, -0.1) is 0 Å². The highest BCUT2D eigenvalue weighted by atomic mass is 15.1. The van der Waals surface area contributed by atoms with E-state index in [2.05, 4.69) is 25.5 Å². The zero-order chi connectivity index (χ0) is 12.8. The van der Waals surface area contributed by atoms with Crippen LogP contribution in [0.25, 0.3) is 0 Å². The Bertz CT molecular complexity index is 374. The molecule has 1 aromatic rings. The summed E-state index contributed by atoms with van der Waals surface area (Å²) in [4.78, 5) is 11.0. The maximum atomic E-state index is 4.28. The molecule has 1 aromatic heterocycles. The third-order valence-corrected chi connectivity index (χ3v) is 3.46. The van der Waals surface area contributed by atoms with Crippen LogP contribution in [0.2, 0.25) is 0 Å². The maximum absolute atomic E-state index is 4.28. The second kappa shape index (κ2) is 6.54. The Kier molecular flexibility index (Phi) is 4.75. The predicted octanol–water partition coefficient (Wildman–Crippen LogP) is 1.72. The molecule has 0 radical (unpaired) electrons. The Morgan fingerprint density at radius 2 is 1.94 bits per heavy atom. The number of hydrogen-bond acceptors (Lipinski definition) is 5. The Balaban J connectivity index is 1.75. The minimum Gasteiger partial charge on any atom is -0.373 e. The summed E-state index contributed by atoms with van der Waals surface area (Å²) < 4.78 is 0. The van der Waals surface area contributed by atoms with Gasteiger partial charge in [0.25, 0.3) is 0 Å². The number of anilines is 2. The molecule has 1 saturated heterocycles. The molecule has 2 rings (SSSR count). The average Bonchev–Trinajstić information content (AvgIpc) is 2.89. The molecular formula is C13H23N5. The lowest BCUT2D eigenvalue weighted by atomic mass is 10.3. The molecule has 0 unspecified atom stereocenters. The van der Waals surface area contributed by atoms with Gasteiger partial charge < -0.3 is 15.5 Å². The van der Waals surface area contributed by atoms with Crippen LogP contribution in [-0.2, 0) is 0 Å². The fraction of sp³-hybridized carbons (Fsp3) is 0.692. The molecule has 100 valence electrons. The summed E-state index contributed by atoms with van der Waals surface area (Å²) in [5.41, 5.74) is 1.08. The van der Waals surface area contributed by atoms with E-state index in [1.54, 1.807) is 6.33 Å². The molecule has 2 N–H and O–H groups in total. The third kappa shape index (κ3) is 3.32. The fourth-order valence-corrected chi connectivity index (χ4v) is 2.40. The molecule has 0 atom stereocenters. The molecule has 1 aliphatic heterocycles. The van der Waals surface area contributed by atoms with Gasteiger partial charge in [0.1, 0.15) is 18.0 Å². The molecule has 1 aliphatic rings. The summed E-state index contributed by atoms with van der Waals surface area (Å²) in [7, 11) is 1.88. The van der Waals surface area contributed by atoms with Crippen molar-refractivity contribution in [2.24, 2.45) is 0 Å². The largest absolute Gasteiger partial charge is 0.373 e. The molecule has 0 aromatic carbocycles. The highest BCUT2D eigenvalue weighted by Crippen LogP contribution is 2.17. The van der Waals surface area contributed by atoms with Crippen molar-refractivity contribution in [1.29, 1.82) is 0 Å². The number of aromatic nitrogens is 2. The molecule has 0 bridgehead atoms. The van der Waals surface area contributed by atoms with Gasteiger partial charge in [-0.05, 0) is 45.8 Å². The number of likely N-dealkylation sites (tertiary alicyclic amines) is 1. The van der Waals surface area contributed by atoms with Crippen LogP contribution in [0.15, 0.2) is 6.33 Å². The van der Waals surface area contributed by atoms with Gasteiger partial charge in [-0.2, -0.15) is 0 Å². The van der Waals surface area contributed by atoms with Crippen molar-refractivity contribution in [2.45, 2.75) is 26.2 Å². The summed E-state index contributed by atoms with van der Waals surface area (Å²) >= 11 is 0. The van der Waals surface area contributed by atoms with Gasteiger partial charge in [0.05, 0.1) is 0 Å². The molecule has 0 spiro atoms. The molecule has 0 aliphatic carbocycles. The van der Waals surface area contributed by atoms with Gasteiger partial charge in [0.15, 0.2) is 0 Å². The fourth-order valence-electron chi connectivity index (χ4n) is 2.40. The summed E-state index contributed by atoms with van der Waals surface area (Å²) in [6, 6.07) is 0. The third-order valence-electron chi connectivity index (χ3n) is 3.46. The number of nitrogens with zero attached hydrogens (tertiary/aromatic N) is 3. The van der Waals surface area contributed by atoms with Gasteiger partial charge in [-0.3, -0.25) is 0 Å². The minimum absolute atomic E-state index is 0.895. The quantitative estimate of drug-likeness (QED) is 0.752. The minimum atomic E-state index is 0.895. The summed E-state index contributed by atoms with van der Waals surface area (Å²) in [6.45, 7) is 6.75. The van der Waals surface area contributed by atoms with Crippen molar-refractivity contribution in [3.8, 4) is 0 Å². The van der Waals surface area contributed by atoms with E-state index in [0.29, 0.717) is 0 Å². The second-order valence-electron chi connectivity index (χ2n) is 4.77. The Morgan fingerprint density at radius 1 is 1.22 bits per heavy atom. The van der Waals surface area contributed by atoms with Crippen LogP contribution in [0.3, 0.4) is 0 Å². The highest BCUT2D eigenvalue weighted by Gasteiger charge is 2.10. The zero-order valence-electron chi connectivity index (χ0n) is 11.4. The van der Waals surface area contributed by atoms with Gasteiger partial charge in [0, 0.05) is 19.2 Å². The van der Waals surface area contributed by atoms with Crippen LogP contribution in [-0.4, -0.2) is 48.1 Å². The number of nitrogens with one attached hydrogen (secondary N) is 2. The first kappa shape index (κ1) is 13.1. The van der Waals surface area contributed by atoms with Gasteiger partial charge >= 0.3 is 0 Å². The van der Waals surface area contributed by atoms with Crippen LogP contribution < -0.4 is 10.6 Å². The lowest BCUT2D eigenvalue weighted by Gasteiger charge is -2.15. The van der Waals surface area contributed by atoms with Crippen molar-refractivity contribution in [2.75, 3.05) is 43.9 Å². The number of rotatable bonds is 6. The van der Waals surface area contributed by atoms with E-state index in [1.165, 1.54) is 38.9 Å². The lowest BCUT2D eigenvalue weighted by Crippen LogP contribution is -2.22. The van der Waals surface area contributed by atoms with Crippen molar-refractivity contribution in [3.63, 3.8) is 0 Å². The van der Waals surface area contributed by atoms with Crippen LogP contribution in [0.1, 0.15) is 24.8 Å². The summed E-state index contributed by atoms with van der Waals surface area (Å²) in [5.74, 6) is 1.84. The summed E-state index contributed by atoms with van der Waals surface area (Å²) in [5, 5.41) is 6.47. The summed E-state index contributed by atoms with van der Waals surface area (Å²) in [6.07, 6.45) is 5.49. The van der Waals surface area contributed by atoms with E-state index in [0.717, 1.165) is 23.7 Å². The first-order valence-electron chi connectivity index (χ1n) is 6.77. The smallest absolute Gasteiger partial charge is 0.134 e. The van der Waals surface area contributed by atoms with Gasteiger partial charge in [0.2, 0.25) is 0 Å². The topological polar surface area (TPSA) is 53.1 Å². The van der Waals surface area contributed by atoms with E-state index in [1.807, 2.05) is 14.0 Å². The first-order chi connectivity index (χ1) is 8.81. The van der Waals surface area contributed by atoms with Crippen molar-refractivity contribution >= 4 is 11.6 Å². The molecule has 0 amide bonds. The average molecular weight is 249 g/mol. The van der Waals surface area contributed by atoms with Crippen LogP contribution in [0.4, 0.5) is 11.6 Å². The van der Waals surface area contributed by atoms with E-state index >= 15 is 0 Å². The Labute approximate surface area is 109 Å². The van der Waals surface area contributed by atoms with E-state index in [9.17, 15) is 0 Å². The molecule has 1 fully saturated rings. The number of hydrogen-bond donors (Lipinski definition) is 2. The first-order valence-corrected chi connectivity index (χ1v) is 6.77.